The van der Waals surface area contributed by atoms with Crippen molar-refractivity contribution in [3.63, 3.8) is 0 Å². The summed E-state index contributed by atoms with van der Waals surface area (Å²) in [6, 6.07) is 2.40. The Morgan fingerprint density at radius 1 is 1.14 bits per heavy atom. The monoisotopic (exact) mass is 309 g/mol. The Bertz CT molecular complexity index is 357. The lowest BCUT2D eigenvalue weighted by Crippen LogP contribution is -2.41. The summed E-state index contributed by atoms with van der Waals surface area (Å²) in [7, 11) is 0. The van der Waals surface area contributed by atoms with Crippen LogP contribution in [0.1, 0.15) is 80.1 Å². The molecule has 0 amide bonds. The molecule has 0 saturated carbocycles. The van der Waals surface area contributed by atoms with Gasteiger partial charge < -0.3 is 4.74 Å². The van der Waals surface area contributed by atoms with Crippen LogP contribution in [0.25, 0.3) is 0 Å². The van der Waals surface area contributed by atoms with Crippen molar-refractivity contribution in [1.29, 1.82) is 5.26 Å². The van der Waals surface area contributed by atoms with E-state index in [1.165, 1.54) is 0 Å². The fourth-order valence-electron chi connectivity index (χ4n) is 3.15. The van der Waals surface area contributed by atoms with Crippen LogP contribution in [0.2, 0.25) is 0 Å². The summed E-state index contributed by atoms with van der Waals surface area (Å²) in [6.45, 7) is 13.0. The van der Waals surface area contributed by atoms with Gasteiger partial charge in [0.2, 0.25) is 0 Å². The number of esters is 1. The molecular formula is C19H35NO2. The first-order chi connectivity index (χ1) is 10.3. The number of nitriles is 1. The largest absolute Gasteiger partial charge is 0.465 e. The number of rotatable bonds is 11. The Morgan fingerprint density at radius 2 is 1.77 bits per heavy atom. The van der Waals surface area contributed by atoms with Crippen LogP contribution in [0, 0.1) is 34.5 Å². The summed E-state index contributed by atoms with van der Waals surface area (Å²) in [5, 5.41) is 9.93. The highest BCUT2D eigenvalue weighted by Gasteiger charge is 2.47. The summed E-state index contributed by atoms with van der Waals surface area (Å²) in [4.78, 5) is 12.7. The number of nitrogens with zero attached hydrogens (tertiary/aromatic N) is 1. The fourth-order valence-corrected chi connectivity index (χ4v) is 3.15. The van der Waals surface area contributed by atoms with E-state index >= 15 is 0 Å². The van der Waals surface area contributed by atoms with Gasteiger partial charge in [-0.1, -0.05) is 54.4 Å². The molecule has 2 unspecified atom stereocenters. The number of carbonyl (C=O) groups is 1. The molecule has 3 heteroatoms. The van der Waals surface area contributed by atoms with Crippen LogP contribution in [-0.2, 0) is 9.53 Å². The predicted octanol–water partition coefficient (Wildman–Crippen LogP) is 5.35. The number of hydrogen-bond acceptors (Lipinski definition) is 3. The minimum atomic E-state index is -0.983. The van der Waals surface area contributed by atoms with Crippen LogP contribution in [-0.4, -0.2) is 12.6 Å². The number of carbonyl (C=O) groups excluding carboxylic acids is 1. The van der Waals surface area contributed by atoms with E-state index in [-0.39, 0.29) is 11.9 Å². The van der Waals surface area contributed by atoms with E-state index in [2.05, 4.69) is 40.7 Å². The van der Waals surface area contributed by atoms with Crippen molar-refractivity contribution in [2.75, 3.05) is 6.61 Å². The predicted molar refractivity (Wildman–Crippen MR) is 91.2 cm³/mol. The van der Waals surface area contributed by atoms with Crippen molar-refractivity contribution in [3.05, 3.63) is 0 Å². The van der Waals surface area contributed by atoms with Gasteiger partial charge in [-0.15, -0.1) is 0 Å². The Kier molecular flexibility index (Phi) is 10.1. The molecule has 0 aromatic rings. The smallest absolute Gasteiger partial charge is 0.326 e. The maximum atomic E-state index is 12.7. The van der Waals surface area contributed by atoms with E-state index in [1.807, 2.05) is 6.92 Å². The first kappa shape index (κ1) is 21.0. The van der Waals surface area contributed by atoms with Gasteiger partial charge in [0.25, 0.3) is 0 Å². The van der Waals surface area contributed by atoms with E-state index in [9.17, 15) is 10.1 Å². The summed E-state index contributed by atoms with van der Waals surface area (Å²) in [6.07, 6.45) is 5.35. The van der Waals surface area contributed by atoms with Gasteiger partial charge >= 0.3 is 5.97 Å². The minimum Gasteiger partial charge on any atom is -0.465 e. The number of unbranched alkanes of at least 4 members (excludes halogenated alkanes) is 1. The van der Waals surface area contributed by atoms with Gasteiger partial charge in [0, 0.05) is 0 Å². The Labute approximate surface area is 137 Å². The van der Waals surface area contributed by atoms with E-state index < -0.39 is 5.41 Å². The molecule has 0 aromatic carbocycles. The van der Waals surface area contributed by atoms with E-state index in [0.29, 0.717) is 24.9 Å². The standard InChI is InChI=1S/C19H35NO2/c1-7-9-10-17(12-15(3)4)19(14-20,13-16(5)6)18(21)22-11-8-2/h15-17H,7-13H2,1-6H3. The van der Waals surface area contributed by atoms with E-state index in [4.69, 9.17) is 4.74 Å². The third-order valence-electron chi connectivity index (χ3n) is 4.09. The number of ether oxygens (including phenoxy) is 1. The summed E-state index contributed by atoms with van der Waals surface area (Å²) in [5.41, 5.74) is -0.983. The van der Waals surface area contributed by atoms with Crippen LogP contribution in [0.15, 0.2) is 0 Å². The van der Waals surface area contributed by atoms with Crippen molar-refractivity contribution < 1.29 is 9.53 Å². The molecule has 0 radical (unpaired) electrons. The van der Waals surface area contributed by atoms with Gasteiger partial charge in [-0.05, 0) is 43.4 Å². The van der Waals surface area contributed by atoms with Gasteiger partial charge in [0.05, 0.1) is 12.7 Å². The van der Waals surface area contributed by atoms with Gasteiger partial charge in [0.1, 0.15) is 0 Å². The summed E-state index contributed by atoms with van der Waals surface area (Å²) in [5.74, 6) is 0.558. The van der Waals surface area contributed by atoms with Crippen molar-refractivity contribution >= 4 is 5.97 Å². The van der Waals surface area contributed by atoms with Crippen LogP contribution in [0.3, 0.4) is 0 Å². The minimum absolute atomic E-state index is 0.0872. The maximum Gasteiger partial charge on any atom is 0.326 e. The highest BCUT2D eigenvalue weighted by Crippen LogP contribution is 2.42. The molecule has 22 heavy (non-hydrogen) atoms. The first-order valence-electron chi connectivity index (χ1n) is 8.92. The number of hydrogen-bond donors (Lipinski definition) is 0. The average Bonchev–Trinajstić information content (AvgIpc) is 2.45. The van der Waals surface area contributed by atoms with Gasteiger partial charge in [0.15, 0.2) is 5.41 Å². The molecule has 0 aliphatic rings. The van der Waals surface area contributed by atoms with Gasteiger partial charge in [-0.25, -0.2) is 0 Å². The zero-order valence-electron chi connectivity index (χ0n) is 15.4. The van der Waals surface area contributed by atoms with Crippen LogP contribution in [0.4, 0.5) is 0 Å². The SMILES string of the molecule is CCCCC(CC(C)C)C(C#N)(CC(C)C)C(=O)OCCC. The molecule has 0 N–H and O–H groups in total. The van der Waals surface area contributed by atoms with Crippen molar-refractivity contribution in [2.24, 2.45) is 23.2 Å². The van der Waals surface area contributed by atoms with E-state index in [0.717, 1.165) is 32.1 Å². The molecule has 0 aromatic heterocycles. The van der Waals surface area contributed by atoms with Gasteiger partial charge in [-0.3, -0.25) is 4.79 Å². The molecule has 0 rings (SSSR count). The Morgan fingerprint density at radius 3 is 2.18 bits per heavy atom. The molecule has 0 spiro atoms. The van der Waals surface area contributed by atoms with Crippen LogP contribution < -0.4 is 0 Å². The molecule has 0 fully saturated rings. The Hall–Kier alpha value is -1.04. The average molecular weight is 309 g/mol. The first-order valence-corrected chi connectivity index (χ1v) is 8.92. The Balaban J connectivity index is 5.52. The topological polar surface area (TPSA) is 50.1 Å². The second kappa shape index (κ2) is 10.6. The molecular weight excluding hydrogens is 274 g/mol. The van der Waals surface area contributed by atoms with Crippen LogP contribution >= 0.6 is 0 Å². The molecule has 0 heterocycles. The third kappa shape index (κ3) is 6.38. The van der Waals surface area contributed by atoms with Crippen molar-refractivity contribution in [3.8, 4) is 6.07 Å². The molecule has 0 aliphatic heterocycles. The highest BCUT2D eigenvalue weighted by molar-refractivity contribution is 5.80. The summed E-state index contributed by atoms with van der Waals surface area (Å²) >= 11 is 0. The third-order valence-corrected chi connectivity index (χ3v) is 4.09. The molecule has 3 nitrogen and oxygen atoms in total. The summed E-state index contributed by atoms with van der Waals surface area (Å²) < 4.78 is 5.43. The van der Waals surface area contributed by atoms with Crippen molar-refractivity contribution in [1.82, 2.24) is 0 Å². The molecule has 0 saturated heterocycles. The highest BCUT2D eigenvalue weighted by atomic mass is 16.5. The molecule has 0 bridgehead atoms. The molecule has 0 aliphatic carbocycles. The maximum absolute atomic E-state index is 12.7. The lowest BCUT2D eigenvalue weighted by molar-refractivity contribution is -0.157. The normalized spacial score (nSPS) is 15.4. The lowest BCUT2D eigenvalue weighted by Gasteiger charge is -2.35. The second-order valence-electron chi connectivity index (χ2n) is 7.29. The van der Waals surface area contributed by atoms with Crippen LogP contribution in [0.5, 0.6) is 0 Å². The second-order valence-corrected chi connectivity index (χ2v) is 7.29. The molecule has 128 valence electrons. The van der Waals surface area contributed by atoms with Gasteiger partial charge in [-0.2, -0.15) is 5.26 Å². The van der Waals surface area contributed by atoms with Crippen molar-refractivity contribution in [2.45, 2.75) is 80.1 Å². The quantitative estimate of drug-likeness (QED) is 0.483. The van der Waals surface area contributed by atoms with E-state index in [1.54, 1.807) is 0 Å². The zero-order valence-corrected chi connectivity index (χ0v) is 15.4. The fraction of sp³-hybridized carbons (Fsp3) is 0.895. The lowest BCUT2D eigenvalue weighted by atomic mass is 9.66. The molecule has 2 atom stereocenters. The zero-order chi connectivity index (χ0) is 17.2.